The zero-order valence-electron chi connectivity index (χ0n) is 13.1. The van der Waals surface area contributed by atoms with Crippen LogP contribution in [0.1, 0.15) is 12.5 Å². The maximum Gasteiger partial charge on any atom is 0.326 e. The average molecular weight is 346 g/mol. The topological polar surface area (TPSA) is 84.0 Å². The van der Waals surface area contributed by atoms with Crippen molar-refractivity contribution in [1.29, 1.82) is 0 Å². The third kappa shape index (κ3) is 2.48. The molecule has 2 heterocycles. The van der Waals surface area contributed by atoms with Crippen LogP contribution in [0.4, 0.5) is 10.5 Å². The molecule has 0 radical (unpaired) electrons. The minimum atomic E-state index is -0.665. The van der Waals surface area contributed by atoms with Gasteiger partial charge in [-0.05, 0) is 24.8 Å². The van der Waals surface area contributed by atoms with Crippen LogP contribution in [0.25, 0.3) is 5.57 Å². The minimum Gasteiger partial charge on any atom is -0.465 e. The zero-order valence-corrected chi connectivity index (χ0v) is 13.9. The molecule has 7 nitrogen and oxygen atoms in total. The first kappa shape index (κ1) is 16.3. The number of amides is 3. The van der Waals surface area contributed by atoms with Gasteiger partial charge in [-0.15, -0.1) is 0 Å². The molecule has 3 amide bonds. The normalized spacial score (nSPS) is 20.0. The third-order valence-electron chi connectivity index (χ3n) is 3.72. The van der Waals surface area contributed by atoms with Gasteiger partial charge in [0.1, 0.15) is 6.54 Å². The number of esters is 1. The van der Waals surface area contributed by atoms with Crippen molar-refractivity contribution < 1.29 is 23.9 Å². The van der Waals surface area contributed by atoms with Crippen molar-refractivity contribution >= 4 is 46.0 Å². The molecule has 3 rings (SSSR count). The van der Waals surface area contributed by atoms with Gasteiger partial charge in [0.15, 0.2) is 0 Å². The fraction of sp³-hybridized carbons (Fsp3) is 0.250. The second-order valence-corrected chi connectivity index (χ2v) is 6.11. The summed E-state index contributed by atoms with van der Waals surface area (Å²) in [6.07, 6.45) is 0. The molecule has 1 aromatic carbocycles. The smallest absolute Gasteiger partial charge is 0.326 e. The van der Waals surface area contributed by atoms with E-state index in [-0.39, 0.29) is 23.0 Å². The van der Waals surface area contributed by atoms with Crippen molar-refractivity contribution in [2.24, 2.45) is 0 Å². The highest BCUT2D eigenvalue weighted by Gasteiger charge is 2.43. The first-order chi connectivity index (χ1) is 11.5. The van der Waals surface area contributed by atoms with E-state index in [0.29, 0.717) is 23.0 Å². The van der Waals surface area contributed by atoms with Gasteiger partial charge in [0.2, 0.25) is 0 Å². The molecule has 0 aromatic heterocycles. The molecule has 124 valence electrons. The monoisotopic (exact) mass is 346 g/mol. The summed E-state index contributed by atoms with van der Waals surface area (Å²) in [5.41, 5.74) is 1.48. The molecule has 24 heavy (non-hydrogen) atoms. The lowest BCUT2D eigenvalue weighted by Gasteiger charge is -2.11. The standard InChI is InChI=1S/C16H14N2O5S/c1-3-23-11(19)8-18-15(21)13(24-16(18)22)12-9-6-4-5-7-10(9)17(2)14(12)20/h4-7H,3,8H2,1-2H3. The molecule has 0 atom stereocenters. The maximum absolute atomic E-state index is 12.6. The highest BCUT2D eigenvalue weighted by molar-refractivity contribution is 8.18. The molecule has 2 aliphatic rings. The summed E-state index contributed by atoms with van der Waals surface area (Å²) in [5, 5.41) is -0.588. The van der Waals surface area contributed by atoms with E-state index in [2.05, 4.69) is 0 Å². The number of ether oxygens (including phenoxy) is 1. The SMILES string of the molecule is CCOC(=O)CN1C(=O)SC(=C2C(=O)N(C)c3ccccc32)C1=O. The summed E-state index contributed by atoms with van der Waals surface area (Å²) < 4.78 is 4.77. The van der Waals surface area contributed by atoms with Crippen molar-refractivity contribution in [3.63, 3.8) is 0 Å². The van der Waals surface area contributed by atoms with E-state index in [1.54, 1.807) is 38.2 Å². The van der Waals surface area contributed by atoms with Crippen LogP contribution >= 0.6 is 11.8 Å². The van der Waals surface area contributed by atoms with Crippen molar-refractivity contribution in [3.05, 3.63) is 34.7 Å². The number of para-hydroxylation sites is 1. The number of carbonyl (C=O) groups is 4. The Morgan fingerprint density at radius 2 is 1.88 bits per heavy atom. The Kier molecular flexibility index (Phi) is 4.15. The van der Waals surface area contributed by atoms with E-state index in [1.807, 2.05) is 0 Å². The Balaban J connectivity index is 2.00. The van der Waals surface area contributed by atoms with Crippen LogP contribution < -0.4 is 4.90 Å². The van der Waals surface area contributed by atoms with Gasteiger partial charge in [-0.25, -0.2) is 0 Å². The molecule has 0 saturated carbocycles. The first-order valence-corrected chi connectivity index (χ1v) is 8.08. The number of benzene rings is 1. The van der Waals surface area contributed by atoms with Crippen molar-refractivity contribution in [2.75, 3.05) is 25.1 Å². The van der Waals surface area contributed by atoms with Crippen LogP contribution in [0, 0.1) is 0 Å². The van der Waals surface area contributed by atoms with E-state index in [0.717, 1.165) is 4.90 Å². The number of likely N-dealkylation sites (N-methyl/N-ethyl adjacent to an activating group) is 1. The molecule has 1 aromatic rings. The molecule has 0 bridgehead atoms. The largest absolute Gasteiger partial charge is 0.465 e. The predicted molar refractivity (Wildman–Crippen MR) is 88.1 cm³/mol. The minimum absolute atomic E-state index is 0.0473. The number of hydrogen-bond donors (Lipinski definition) is 0. The van der Waals surface area contributed by atoms with Crippen LogP contribution in [0.3, 0.4) is 0 Å². The highest BCUT2D eigenvalue weighted by atomic mass is 32.2. The van der Waals surface area contributed by atoms with Crippen molar-refractivity contribution in [3.8, 4) is 0 Å². The van der Waals surface area contributed by atoms with Gasteiger partial charge in [0, 0.05) is 12.6 Å². The molecular weight excluding hydrogens is 332 g/mol. The van der Waals surface area contributed by atoms with Crippen molar-refractivity contribution in [1.82, 2.24) is 4.90 Å². The van der Waals surface area contributed by atoms with E-state index < -0.39 is 23.7 Å². The summed E-state index contributed by atoms with van der Waals surface area (Å²) in [6.45, 7) is 1.34. The Labute approximate surface area is 142 Å². The molecular formula is C16H14N2O5S. The van der Waals surface area contributed by atoms with Gasteiger partial charge in [-0.2, -0.15) is 0 Å². The zero-order chi connectivity index (χ0) is 17.4. The fourth-order valence-corrected chi connectivity index (χ4v) is 3.54. The quantitative estimate of drug-likeness (QED) is 0.611. The summed E-state index contributed by atoms with van der Waals surface area (Å²) >= 11 is 0.670. The van der Waals surface area contributed by atoms with Gasteiger partial charge < -0.3 is 9.64 Å². The lowest BCUT2D eigenvalue weighted by Crippen LogP contribution is -2.34. The van der Waals surface area contributed by atoms with Gasteiger partial charge in [0.25, 0.3) is 17.1 Å². The van der Waals surface area contributed by atoms with Gasteiger partial charge in [-0.3, -0.25) is 24.1 Å². The number of imide groups is 1. The number of anilines is 1. The van der Waals surface area contributed by atoms with Gasteiger partial charge >= 0.3 is 5.97 Å². The molecule has 8 heteroatoms. The molecule has 1 fully saturated rings. The van der Waals surface area contributed by atoms with Gasteiger partial charge in [0.05, 0.1) is 22.8 Å². The Morgan fingerprint density at radius 3 is 2.58 bits per heavy atom. The van der Waals surface area contributed by atoms with Gasteiger partial charge in [-0.1, -0.05) is 18.2 Å². The van der Waals surface area contributed by atoms with Crippen LogP contribution in [0.5, 0.6) is 0 Å². The number of hydrogen-bond acceptors (Lipinski definition) is 6. The Morgan fingerprint density at radius 1 is 1.17 bits per heavy atom. The molecule has 1 saturated heterocycles. The van der Waals surface area contributed by atoms with Crippen molar-refractivity contribution in [2.45, 2.75) is 6.92 Å². The van der Waals surface area contributed by atoms with Crippen LogP contribution in [0.15, 0.2) is 29.2 Å². The number of nitrogens with zero attached hydrogens (tertiary/aromatic N) is 2. The third-order valence-corrected chi connectivity index (χ3v) is 4.70. The highest BCUT2D eigenvalue weighted by Crippen LogP contribution is 2.43. The van der Waals surface area contributed by atoms with E-state index in [4.69, 9.17) is 4.74 Å². The second-order valence-electron chi connectivity index (χ2n) is 5.15. The van der Waals surface area contributed by atoms with Crippen LogP contribution in [0.2, 0.25) is 0 Å². The number of carbonyl (C=O) groups excluding carboxylic acids is 4. The van der Waals surface area contributed by atoms with E-state index >= 15 is 0 Å². The summed E-state index contributed by atoms with van der Waals surface area (Å²) in [4.78, 5) is 51.0. The second kappa shape index (κ2) is 6.12. The number of thioether (sulfide) groups is 1. The number of fused-ring (bicyclic) bond motifs is 1. The Hall–Kier alpha value is -2.61. The summed E-state index contributed by atoms with van der Waals surface area (Å²) in [6, 6.07) is 7.04. The lowest BCUT2D eigenvalue weighted by molar-refractivity contribution is -0.145. The van der Waals surface area contributed by atoms with E-state index in [9.17, 15) is 19.2 Å². The maximum atomic E-state index is 12.6. The summed E-state index contributed by atoms with van der Waals surface area (Å²) in [5.74, 6) is -1.66. The lowest BCUT2D eigenvalue weighted by atomic mass is 10.1. The first-order valence-electron chi connectivity index (χ1n) is 7.26. The molecule has 0 N–H and O–H groups in total. The molecule has 0 spiro atoms. The molecule has 2 aliphatic heterocycles. The van der Waals surface area contributed by atoms with E-state index in [1.165, 1.54) is 4.90 Å². The predicted octanol–water partition coefficient (Wildman–Crippen LogP) is 1.63. The summed E-state index contributed by atoms with van der Waals surface area (Å²) in [7, 11) is 1.61. The fourth-order valence-electron chi connectivity index (χ4n) is 2.61. The molecule has 0 unspecified atom stereocenters. The number of rotatable bonds is 3. The van der Waals surface area contributed by atoms with Crippen LogP contribution in [-0.4, -0.2) is 48.1 Å². The molecule has 0 aliphatic carbocycles. The Bertz CT molecular complexity index is 801. The van der Waals surface area contributed by atoms with Crippen LogP contribution in [-0.2, 0) is 19.1 Å². The average Bonchev–Trinajstić information content (AvgIpc) is 2.97.